The molecule has 1 rings (SSSR count). The highest BCUT2D eigenvalue weighted by Gasteiger charge is 2.55. The van der Waals surface area contributed by atoms with E-state index < -0.39 is 29.4 Å². The summed E-state index contributed by atoms with van der Waals surface area (Å²) in [6.07, 6.45) is 1.63. The number of aliphatic carboxylic acids is 2. The SMILES string of the molecule is CCCC1(CCC)C(=O)N(CCC(=O)O)C(=O)N1CCC(=O)O. The van der Waals surface area contributed by atoms with Crippen LogP contribution in [0, 0.1) is 0 Å². The third-order valence-corrected chi connectivity index (χ3v) is 4.05. The number of carboxylic acid groups (broad SMARTS) is 2. The molecule has 1 aliphatic heterocycles. The highest BCUT2D eigenvalue weighted by Crippen LogP contribution is 2.36. The van der Waals surface area contributed by atoms with Crippen LogP contribution in [0.1, 0.15) is 52.4 Å². The number of carboxylic acids is 2. The van der Waals surface area contributed by atoms with Gasteiger partial charge in [-0.25, -0.2) is 4.79 Å². The molecule has 0 saturated carbocycles. The Kier molecular flexibility index (Phi) is 6.53. The van der Waals surface area contributed by atoms with Gasteiger partial charge in [0.25, 0.3) is 5.91 Å². The van der Waals surface area contributed by atoms with Crippen molar-refractivity contribution < 1.29 is 29.4 Å². The van der Waals surface area contributed by atoms with E-state index >= 15 is 0 Å². The number of rotatable bonds is 10. The Balaban J connectivity index is 3.12. The Morgan fingerprint density at radius 1 is 0.957 bits per heavy atom. The van der Waals surface area contributed by atoms with Gasteiger partial charge in [-0.2, -0.15) is 0 Å². The Hall–Kier alpha value is -2.12. The molecule has 8 heteroatoms. The molecule has 1 heterocycles. The van der Waals surface area contributed by atoms with Crippen LogP contribution in [0.25, 0.3) is 0 Å². The van der Waals surface area contributed by atoms with Gasteiger partial charge in [0.05, 0.1) is 12.8 Å². The summed E-state index contributed by atoms with van der Waals surface area (Å²) in [6, 6.07) is -0.584. The van der Waals surface area contributed by atoms with Crippen molar-refractivity contribution in [3.63, 3.8) is 0 Å². The van der Waals surface area contributed by atoms with E-state index in [-0.39, 0.29) is 25.9 Å². The smallest absolute Gasteiger partial charge is 0.327 e. The lowest BCUT2D eigenvalue weighted by molar-refractivity contribution is -0.140. The molecule has 0 aromatic carbocycles. The van der Waals surface area contributed by atoms with E-state index in [0.29, 0.717) is 25.7 Å². The molecular formula is C15H24N2O6. The zero-order chi connectivity index (χ0) is 17.6. The molecule has 0 radical (unpaired) electrons. The van der Waals surface area contributed by atoms with Crippen LogP contribution in [0.2, 0.25) is 0 Å². The number of hydrogen-bond donors (Lipinski definition) is 2. The first-order valence-electron chi connectivity index (χ1n) is 7.87. The first-order valence-corrected chi connectivity index (χ1v) is 7.87. The maximum atomic E-state index is 12.8. The summed E-state index contributed by atoms with van der Waals surface area (Å²) in [5.74, 6) is -2.54. The van der Waals surface area contributed by atoms with E-state index in [1.54, 1.807) is 0 Å². The molecule has 3 amide bonds. The van der Waals surface area contributed by atoms with Crippen LogP contribution in [0.15, 0.2) is 0 Å². The fourth-order valence-corrected chi connectivity index (χ4v) is 3.14. The molecule has 8 nitrogen and oxygen atoms in total. The van der Waals surface area contributed by atoms with Gasteiger partial charge in [0, 0.05) is 13.1 Å². The Labute approximate surface area is 135 Å². The van der Waals surface area contributed by atoms with Crippen LogP contribution in [0.4, 0.5) is 4.79 Å². The maximum absolute atomic E-state index is 12.8. The predicted octanol–water partition coefficient (Wildman–Crippen LogP) is 1.54. The predicted molar refractivity (Wildman–Crippen MR) is 80.9 cm³/mol. The van der Waals surface area contributed by atoms with E-state index in [2.05, 4.69) is 0 Å². The molecular weight excluding hydrogens is 304 g/mol. The van der Waals surface area contributed by atoms with E-state index in [1.807, 2.05) is 13.8 Å². The van der Waals surface area contributed by atoms with Crippen molar-refractivity contribution in [2.75, 3.05) is 13.1 Å². The summed E-state index contributed by atoms with van der Waals surface area (Å²) in [6.45, 7) is 3.55. The fourth-order valence-electron chi connectivity index (χ4n) is 3.14. The number of hydrogen-bond acceptors (Lipinski definition) is 4. The monoisotopic (exact) mass is 328 g/mol. The van der Waals surface area contributed by atoms with Crippen LogP contribution < -0.4 is 0 Å². The minimum absolute atomic E-state index is 0.0521. The summed E-state index contributed by atoms with van der Waals surface area (Å²) in [4.78, 5) is 49.2. The summed E-state index contributed by atoms with van der Waals surface area (Å²) in [7, 11) is 0. The van der Waals surface area contributed by atoms with Gasteiger partial charge in [-0.1, -0.05) is 26.7 Å². The molecule has 0 spiro atoms. The van der Waals surface area contributed by atoms with Crippen LogP contribution in [-0.2, 0) is 14.4 Å². The zero-order valence-corrected chi connectivity index (χ0v) is 13.6. The van der Waals surface area contributed by atoms with Crippen molar-refractivity contribution >= 4 is 23.9 Å². The lowest BCUT2D eigenvalue weighted by Crippen LogP contribution is -2.50. The van der Waals surface area contributed by atoms with Gasteiger partial charge in [-0.05, 0) is 12.8 Å². The molecule has 130 valence electrons. The van der Waals surface area contributed by atoms with E-state index in [1.165, 1.54) is 4.90 Å². The van der Waals surface area contributed by atoms with Gasteiger partial charge >= 0.3 is 18.0 Å². The van der Waals surface area contributed by atoms with Crippen molar-refractivity contribution in [1.29, 1.82) is 0 Å². The lowest BCUT2D eigenvalue weighted by Gasteiger charge is -2.34. The van der Waals surface area contributed by atoms with Gasteiger partial charge in [0.1, 0.15) is 5.54 Å². The molecule has 0 aromatic rings. The number of amides is 3. The zero-order valence-electron chi connectivity index (χ0n) is 13.6. The molecule has 1 saturated heterocycles. The largest absolute Gasteiger partial charge is 0.481 e. The minimum Gasteiger partial charge on any atom is -0.481 e. The van der Waals surface area contributed by atoms with E-state index in [0.717, 1.165) is 4.90 Å². The number of imide groups is 1. The Morgan fingerprint density at radius 3 is 1.87 bits per heavy atom. The Bertz CT molecular complexity index is 484. The van der Waals surface area contributed by atoms with Crippen molar-refractivity contribution in [2.45, 2.75) is 57.9 Å². The van der Waals surface area contributed by atoms with Gasteiger partial charge in [0.2, 0.25) is 0 Å². The number of carbonyl (C=O) groups excluding carboxylic acids is 2. The van der Waals surface area contributed by atoms with Gasteiger partial charge in [-0.15, -0.1) is 0 Å². The normalized spacial score (nSPS) is 17.0. The van der Waals surface area contributed by atoms with Crippen LogP contribution >= 0.6 is 0 Å². The highest BCUT2D eigenvalue weighted by molar-refractivity contribution is 6.07. The average Bonchev–Trinajstić information content (AvgIpc) is 2.64. The molecule has 2 N–H and O–H groups in total. The summed E-state index contributed by atoms with van der Waals surface area (Å²) in [5, 5.41) is 17.7. The van der Waals surface area contributed by atoms with Crippen molar-refractivity contribution in [3.8, 4) is 0 Å². The standard InChI is InChI=1S/C15H24N2O6/c1-3-7-15(8-4-2)13(22)16(9-5-11(18)19)14(23)17(15)10-6-12(20)21/h3-10H2,1-2H3,(H,18,19)(H,20,21). The molecule has 1 fully saturated rings. The number of urea groups is 1. The molecule has 0 unspecified atom stereocenters. The van der Waals surface area contributed by atoms with E-state index in [4.69, 9.17) is 10.2 Å². The highest BCUT2D eigenvalue weighted by atomic mass is 16.4. The molecule has 1 aliphatic rings. The molecule has 23 heavy (non-hydrogen) atoms. The first kappa shape index (κ1) is 18.9. The second-order valence-corrected chi connectivity index (χ2v) is 5.71. The van der Waals surface area contributed by atoms with Gasteiger partial charge in [-0.3, -0.25) is 19.3 Å². The second-order valence-electron chi connectivity index (χ2n) is 5.71. The van der Waals surface area contributed by atoms with Crippen LogP contribution in [0.3, 0.4) is 0 Å². The Morgan fingerprint density at radius 2 is 1.43 bits per heavy atom. The maximum Gasteiger partial charge on any atom is 0.327 e. The summed E-state index contributed by atoms with van der Waals surface area (Å²) < 4.78 is 0. The van der Waals surface area contributed by atoms with Gasteiger partial charge in [0.15, 0.2) is 0 Å². The summed E-state index contributed by atoms with van der Waals surface area (Å²) >= 11 is 0. The number of carbonyl (C=O) groups is 4. The third-order valence-electron chi connectivity index (χ3n) is 4.05. The van der Waals surface area contributed by atoms with Crippen molar-refractivity contribution in [3.05, 3.63) is 0 Å². The molecule has 0 aliphatic carbocycles. The van der Waals surface area contributed by atoms with Gasteiger partial charge < -0.3 is 15.1 Å². The lowest BCUT2D eigenvalue weighted by atomic mass is 9.86. The van der Waals surface area contributed by atoms with Crippen molar-refractivity contribution in [1.82, 2.24) is 9.80 Å². The minimum atomic E-state index is -1.09. The van der Waals surface area contributed by atoms with Crippen LogP contribution in [0.5, 0.6) is 0 Å². The second kappa shape index (κ2) is 7.94. The van der Waals surface area contributed by atoms with Crippen molar-refractivity contribution in [2.24, 2.45) is 0 Å². The topological polar surface area (TPSA) is 115 Å². The van der Waals surface area contributed by atoms with Crippen LogP contribution in [-0.4, -0.2) is 62.5 Å². The average molecular weight is 328 g/mol. The fraction of sp³-hybridized carbons (Fsp3) is 0.733. The first-order chi connectivity index (χ1) is 10.8. The quantitative estimate of drug-likeness (QED) is 0.588. The number of nitrogens with zero attached hydrogens (tertiary/aromatic N) is 2. The van der Waals surface area contributed by atoms with E-state index in [9.17, 15) is 19.2 Å². The molecule has 0 atom stereocenters. The molecule has 0 aromatic heterocycles. The molecule has 0 bridgehead atoms. The third kappa shape index (κ3) is 4.00. The summed E-state index contributed by atoms with van der Waals surface area (Å²) in [5.41, 5.74) is -1.05.